The van der Waals surface area contributed by atoms with Crippen LogP contribution in [0, 0.1) is 0 Å². The molecule has 23 heavy (non-hydrogen) atoms. The van der Waals surface area contributed by atoms with Crippen LogP contribution in [0.3, 0.4) is 0 Å². The first-order chi connectivity index (χ1) is 11.2. The summed E-state index contributed by atoms with van der Waals surface area (Å²) in [4.78, 5) is 21.9. The van der Waals surface area contributed by atoms with Gasteiger partial charge in [-0.1, -0.05) is 30.3 Å². The van der Waals surface area contributed by atoms with Gasteiger partial charge in [0, 0.05) is 13.5 Å². The summed E-state index contributed by atoms with van der Waals surface area (Å²) in [5, 5.41) is 2.59. The number of benzene rings is 1. The van der Waals surface area contributed by atoms with Gasteiger partial charge in [-0.15, -0.1) is 0 Å². The lowest BCUT2D eigenvalue weighted by molar-refractivity contribution is -0.142. The van der Waals surface area contributed by atoms with E-state index >= 15 is 0 Å². The first kappa shape index (κ1) is 18.9. The van der Waals surface area contributed by atoms with E-state index in [-0.39, 0.29) is 19.2 Å². The van der Waals surface area contributed by atoms with Crippen molar-refractivity contribution >= 4 is 12.1 Å². The van der Waals surface area contributed by atoms with E-state index in [1.54, 1.807) is 0 Å². The first-order valence-corrected chi connectivity index (χ1v) is 7.42. The minimum atomic E-state index is -0.477. The fourth-order valence-corrected chi connectivity index (χ4v) is 1.57. The lowest BCUT2D eigenvalue weighted by atomic mass is 10.2. The number of carbonyl (C=O) groups is 2. The van der Waals surface area contributed by atoms with E-state index in [2.05, 4.69) is 5.32 Å². The van der Waals surface area contributed by atoms with Crippen molar-refractivity contribution in [2.45, 2.75) is 13.5 Å². The van der Waals surface area contributed by atoms with Crippen LogP contribution < -0.4 is 5.32 Å². The number of carbonyl (C=O) groups excluding carboxylic acids is 2. The van der Waals surface area contributed by atoms with E-state index in [4.69, 9.17) is 18.9 Å². The molecule has 0 radical (unpaired) electrons. The normalized spacial score (nSPS) is 10.1. The topological polar surface area (TPSA) is 83.1 Å². The van der Waals surface area contributed by atoms with Crippen molar-refractivity contribution in [1.29, 1.82) is 0 Å². The Morgan fingerprint density at radius 2 is 1.57 bits per heavy atom. The predicted octanol–water partition coefficient (Wildman–Crippen LogP) is 1.51. The van der Waals surface area contributed by atoms with Crippen LogP contribution in [0.15, 0.2) is 30.3 Å². The third-order valence-electron chi connectivity index (χ3n) is 2.63. The van der Waals surface area contributed by atoms with Crippen molar-refractivity contribution in [1.82, 2.24) is 5.32 Å². The summed E-state index contributed by atoms with van der Waals surface area (Å²) < 4.78 is 20.2. The van der Waals surface area contributed by atoms with Crippen molar-refractivity contribution in [3.63, 3.8) is 0 Å². The molecule has 0 fully saturated rings. The second-order valence-electron chi connectivity index (χ2n) is 4.55. The van der Waals surface area contributed by atoms with E-state index in [0.29, 0.717) is 33.0 Å². The molecule has 128 valence electrons. The molecule has 0 saturated carbocycles. The Hall–Kier alpha value is -2.12. The molecule has 1 N–H and O–H groups in total. The van der Waals surface area contributed by atoms with Crippen LogP contribution in [-0.2, 0) is 30.3 Å². The Morgan fingerprint density at radius 3 is 2.26 bits per heavy atom. The molecular formula is C16H23NO6. The summed E-state index contributed by atoms with van der Waals surface area (Å²) in [6.07, 6.45) is -0.477. The smallest absolute Gasteiger partial charge is 0.407 e. The molecule has 1 aromatic carbocycles. The zero-order chi connectivity index (χ0) is 16.8. The number of rotatable bonds is 11. The Kier molecular flexibility index (Phi) is 10.2. The number of amides is 1. The number of ether oxygens (including phenoxy) is 4. The average molecular weight is 325 g/mol. The summed E-state index contributed by atoms with van der Waals surface area (Å²) in [5.74, 6) is -0.324. The van der Waals surface area contributed by atoms with E-state index in [9.17, 15) is 9.59 Å². The highest BCUT2D eigenvalue weighted by Gasteiger charge is 2.01. The molecule has 7 nitrogen and oxygen atoms in total. The number of nitrogens with one attached hydrogen (secondary N) is 1. The molecule has 0 aliphatic rings. The molecule has 0 atom stereocenters. The molecule has 0 saturated heterocycles. The summed E-state index contributed by atoms with van der Waals surface area (Å²) in [5.41, 5.74) is 0.935. The van der Waals surface area contributed by atoms with Gasteiger partial charge < -0.3 is 24.3 Å². The minimum Gasteiger partial charge on any atom is -0.463 e. The highest BCUT2D eigenvalue weighted by Crippen LogP contribution is 2.00. The summed E-state index contributed by atoms with van der Waals surface area (Å²) >= 11 is 0. The molecule has 1 amide bonds. The van der Waals surface area contributed by atoms with Crippen molar-refractivity contribution < 1.29 is 28.5 Å². The van der Waals surface area contributed by atoms with Crippen LogP contribution in [0.4, 0.5) is 4.79 Å². The van der Waals surface area contributed by atoms with E-state index in [0.717, 1.165) is 5.56 Å². The van der Waals surface area contributed by atoms with Crippen LogP contribution in [-0.4, -0.2) is 51.6 Å². The highest BCUT2D eigenvalue weighted by atomic mass is 16.6. The average Bonchev–Trinajstić information content (AvgIpc) is 2.55. The van der Waals surface area contributed by atoms with Gasteiger partial charge in [0.1, 0.15) is 13.2 Å². The maximum absolute atomic E-state index is 11.4. The number of alkyl carbamates (subject to hydrolysis) is 1. The van der Waals surface area contributed by atoms with Crippen LogP contribution in [0.25, 0.3) is 0 Å². The zero-order valence-electron chi connectivity index (χ0n) is 13.3. The van der Waals surface area contributed by atoms with Gasteiger partial charge in [0.25, 0.3) is 0 Å². The zero-order valence-corrected chi connectivity index (χ0v) is 13.3. The monoisotopic (exact) mass is 325 g/mol. The van der Waals surface area contributed by atoms with Crippen molar-refractivity contribution in [2.75, 3.05) is 39.6 Å². The Bertz CT molecular complexity index is 451. The van der Waals surface area contributed by atoms with Gasteiger partial charge >= 0.3 is 12.1 Å². The van der Waals surface area contributed by atoms with Gasteiger partial charge in [-0.2, -0.15) is 0 Å². The molecule has 7 heteroatoms. The van der Waals surface area contributed by atoms with Gasteiger partial charge in [0.2, 0.25) is 0 Å². The van der Waals surface area contributed by atoms with Crippen molar-refractivity contribution in [3.8, 4) is 0 Å². The largest absolute Gasteiger partial charge is 0.463 e. The minimum absolute atomic E-state index is 0.240. The second-order valence-corrected chi connectivity index (χ2v) is 4.55. The lowest BCUT2D eigenvalue weighted by Crippen LogP contribution is -2.28. The second kappa shape index (κ2) is 12.4. The highest BCUT2D eigenvalue weighted by molar-refractivity contribution is 5.67. The SMILES string of the molecule is CC(=O)OCCOCCOCCNC(=O)OCc1ccccc1. The lowest BCUT2D eigenvalue weighted by Gasteiger charge is -2.08. The van der Waals surface area contributed by atoms with Crippen molar-refractivity contribution in [2.24, 2.45) is 0 Å². The summed E-state index contributed by atoms with van der Waals surface area (Å²) in [6, 6.07) is 9.45. The Balaban J connectivity index is 1.87. The van der Waals surface area contributed by atoms with Crippen LogP contribution in [0.5, 0.6) is 0 Å². The maximum Gasteiger partial charge on any atom is 0.407 e. The number of esters is 1. The van der Waals surface area contributed by atoms with E-state index in [1.165, 1.54) is 6.92 Å². The maximum atomic E-state index is 11.4. The first-order valence-electron chi connectivity index (χ1n) is 7.42. The van der Waals surface area contributed by atoms with E-state index < -0.39 is 6.09 Å². The van der Waals surface area contributed by atoms with Gasteiger partial charge in [0.05, 0.1) is 26.4 Å². The molecular weight excluding hydrogens is 302 g/mol. The van der Waals surface area contributed by atoms with Crippen molar-refractivity contribution in [3.05, 3.63) is 35.9 Å². The third kappa shape index (κ3) is 11.1. The van der Waals surface area contributed by atoms with Gasteiger partial charge in [-0.05, 0) is 5.56 Å². The van der Waals surface area contributed by atoms with Gasteiger partial charge in [0.15, 0.2) is 0 Å². The van der Waals surface area contributed by atoms with Gasteiger partial charge in [-0.25, -0.2) is 4.79 Å². The molecule has 0 bridgehead atoms. The quantitative estimate of drug-likeness (QED) is 0.490. The fourth-order valence-electron chi connectivity index (χ4n) is 1.57. The fraction of sp³-hybridized carbons (Fsp3) is 0.500. The number of hydrogen-bond donors (Lipinski definition) is 1. The third-order valence-corrected chi connectivity index (χ3v) is 2.63. The van der Waals surface area contributed by atoms with E-state index in [1.807, 2.05) is 30.3 Å². The molecule has 0 heterocycles. The molecule has 0 aliphatic heterocycles. The van der Waals surface area contributed by atoms with Crippen LogP contribution in [0.1, 0.15) is 12.5 Å². The molecule has 0 spiro atoms. The summed E-state index contributed by atoms with van der Waals surface area (Å²) in [7, 11) is 0. The molecule has 1 aromatic rings. The molecule has 0 aromatic heterocycles. The van der Waals surface area contributed by atoms with Gasteiger partial charge in [-0.3, -0.25) is 4.79 Å². The summed E-state index contributed by atoms with van der Waals surface area (Å²) in [6.45, 7) is 3.71. The predicted molar refractivity (Wildman–Crippen MR) is 82.9 cm³/mol. The standard InChI is InChI=1S/C16H23NO6/c1-14(18)22-12-11-21-10-9-20-8-7-17-16(19)23-13-15-5-3-2-4-6-15/h2-6H,7-13H2,1H3,(H,17,19). The molecule has 0 unspecified atom stereocenters. The van der Waals surface area contributed by atoms with Crippen LogP contribution >= 0.6 is 0 Å². The molecule has 0 aliphatic carbocycles. The Morgan fingerprint density at radius 1 is 0.913 bits per heavy atom. The number of hydrogen-bond acceptors (Lipinski definition) is 6. The Labute approximate surface area is 135 Å². The van der Waals surface area contributed by atoms with Crippen LogP contribution in [0.2, 0.25) is 0 Å². The molecule has 1 rings (SSSR count).